The number of carbonyl (C=O) groups excluding carboxylic acids is 2. The number of aliphatic hydroxyl groups excluding tert-OH is 1. The first-order valence-electron chi connectivity index (χ1n) is 11.5. The fourth-order valence-electron chi connectivity index (χ4n) is 4.29. The molecule has 34 heavy (non-hydrogen) atoms. The molecule has 1 aliphatic heterocycles. The quantitative estimate of drug-likeness (QED) is 0.236. The van der Waals surface area contributed by atoms with Gasteiger partial charge in [-0.3, -0.25) is 9.59 Å². The van der Waals surface area contributed by atoms with Crippen LogP contribution in [-0.4, -0.2) is 55.7 Å². The number of hydrogen-bond acceptors (Lipinski definition) is 6. The van der Waals surface area contributed by atoms with Gasteiger partial charge in [-0.2, -0.15) is 0 Å². The van der Waals surface area contributed by atoms with Crippen LogP contribution < -0.4 is 9.47 Å². The highest BCUT2D eigenvalue weighted by atomic mass is 16.5. The van der Waals surface area contributed by atoms with Crippen molar-refractivity contribution >= 4 is 17.4 Å². The lowest BCUT2D eigenvalue weighted by Gasteiger charge is -2.26. The normalized spacial score (nSPS) is 17.5. The molecule has 0 aliphatic carbocycles. The monoisotopic (exact) mass is 467 g/mol. The second-order valence-electron chi connectivity index (χ2n) is 8.42. The third-order valence-electron chi connectivity index (χ3n) is 5.93. The lowest BCUT2D eigenvalue weighted by molar-refractivity contribution is -0.140. The molecule has 1 unspecified atom stereocenters. The van der Waals surface area contributed by atoms with Crippen molar-refractivity contribution in [1.29, 1.82) is 0 Å². The number of likely N-dealkylation sites (tertiary alicyclic amines) is 1. The second kappa shape index (κ2) is 11.2. The molecule has 7 nitrogen and oxygen atoms in total. The molecule has 3 rings (SSSR count). The van der Waals surface area contributed by atoms with Crippen LogP contribution in [0, 0.1) is 0 Å². The Kier molecular flexibility index (Phi) is 8.34. The third kappa shape index (κ3) is 4.94. The van der Waals surface area contributed by atoms with Crippen LogP contribution in [0.4, 0.5) is 0 Å². The molecule has 1 atom stereocenters. The predicted octanol–water partition coefficient (Wildman–Crippen LogP) is 4.68. The van der Waals surface area contributed by atoms with Crippen LogP contribution in [0.25, 0.3) is 5.76 Å². The van der Waals surface area contributed by atoms with Crippen molar-refractivity contribution in [1.82, 2.24) is 4.90 Å². The summed E-state index contributed by atoms with van der Waals surface area (Å²) in [6, 6.07) is 11.8. The first-order valence-corrected chi connectivity index (χ1v) is 11.5. The number of benzene rings is 2. The average Bonchev–Trinajstić information content (AvgIpc) is 3.08. The van der Waals surface area contributed by atoms with Gasteiger partial charge >= 0.3 is 0 Å². The van der Waals surface area contributed by atoms with Crippen LogP contribution in [0.3, 0.4) is 0 Å². The maximum Gasteiger partial charge on any atom is 0.295 e. The van der Waals surface area contributed by atoms with Crippen molar-refractivity contribution in [2.24, 2.45) is 0 Å². The molecule has 1 fully saturated rings. The Morgan fingerprint density at radius 3 is 2.47 bits per heavy atom. The van der Waals surface area contributed by atoms with Gasteiger partial charge in [-0.1, -0.05) is 32.0 Å². The summed E-state index contributed by atoms with van der Waals surface area (Å²) in [7, 11) is 3.13. The SMILES string of the molecule is CCOc1ccc(/C(O)=C2\C(=O)C(=O)N(CCCOC)C2c2ccccc2OC)cc1C(C)C. The smallest absolute Gasteiger partial charge is 0.295 e. The molecular formula is C27H33NO6. The van der Waals surface area contributed by atoms with Gasteiger partial charge in [0.15, 0.2) is 0 Å². The molecule has 1 N–H and O–H groups in total. The van der Waals surface area contributed by atoms with Crippen molar-refractivity contribution in [3.8, 4) is 11.5 Å². The first kappa shape index (κ1) is 25.3. The van der Waals surface area contributed by atoms with Crippen molar-refractivity contribution in [3.05, 3.63) is 64.7 Å². The van der Waals surface area contributed by atoms with Crippen molar-refractivity contribution in [3.63, 3.8) is 0 Å². The number of Topliss-reactive ketones (excluding diaryl/α,β-unsaturated/α-hetero) is 1. The number of methoxy groups -OCH3 is 2. The predicted molar refractivity (Wildman–Crippen MR) is 130 cm³/mol. The van der Waals surface area contributed by atoms with Crippen molar-refractivity contribution < 1.29 is 28.9 Å². The fourth-order valence-corrected chi connectivity index (χ4v) is 4.29. The standard InChI is InChI=1S/C27H33NO6/c1-6-34-22-13-12-18(16-20(22)17(2)3)25(29)23-24(19-10-7-8-11-21(19)33-5)28(14-9-15-32-4)27(31)26(23)30/h7-8,10-13,16-17,24,29H,6,9,14-15H2,1-5H3/b25-23+. The minimum atomic E-state index is -0.776. The highest BCUT2D eigenvalue weighted by molar-refractivity contribution is 6.46. The molecule has 1 aliphatic rings. The molecule has 1 heterocycles. The summed E-state index contributed by atoms with van der Waals surface area (Å²) in [6.07, 6.45) is 0.551. The Labute approximate surface area is 200 Å². The topological polar surface area (TPSA) is 85.3 Å². The van der Waals surface area contributed by atoms with E-state index in [1.165, 1.54) is 12.0 Å². The summed E-state index contributed by atoms with van der Waals surface area (Å²) in [5.74, 6) is -0.180. The summed E-state index contributed by atoms with van der Waals surface area (Å²) in [4.78, 5) is 27.8. The summed E-state index contributed by atoms with van der Waals surface area (Å²) in [5.41, 5.74) is 2.06. The molecule has 0 bridgehead atoms. The van der Waals surface area contributed by atoms with E-state index in [1.54, 1.807) is 25.3 Å². The molecule has 0 saturated carbocycles. The first-order chi connectivity index (χ1) is 16.3. The lowest BCUT2D eigenvalue weighted by Crippen LogP contribution is -2.31. The number of rotatable bonds is 10. The van der Waals surface area contributed by atoms with Crippen LogP contribution in [0.2, 0.25) is 0 Å². The van der Waals surface area contributed by atoms with Gasteiger partial charge in [0, 0.05) is 31.4 Å². The average molecular weight is 468 g/mol. The van der Waals surface area contributed by atoms with E-state index in [1.807, 2.05) is 45.0 Å². The number of ketones is 1. The zero-order valence-corrected chi connectivity index (χ0v) is 20.5. The van der Waals surface area contributed by atoms with Crippen LogP contribution in [0.1, 0.15) is 55.8 Å². The van der Waals surface area contributed by atoms with Crippen LogP contribution >= 0.6 is 0 Å². The Balaban J connectivity index is 2.19. The van der Waals surface area contributed by atoms with Crippen LogP contribution in [0.5, 0.6) is 11.5 Å². The summed E-state index contributed by atoms with van der Waals surface area (Å²) < 4.78 is 16.4. The molecule has 0 radical (unpaired) electrons. The number of hydrogen-bond donors (Lipinski definition) is 1. The van der Waals surface area contributed by atoms with Crippen molar-refractivity contribution in [2.45, 2.75) is 39.2 Å². The van der Waals surface area contributed by atoms with Gasteiger partial charge < -0.3 is 24.2 Å². The van der Waals surface area contributed by atoms with E-state index in [2.05, 4.69) is 0 Å². The van der Waals surface area contributed by atoms with E-state index >= 15 is 0 Å². The molecule has 2 aromatic carbocycles. The van der Waals surface area contributed by atoms with Gasteiger partial charge in [0.05, 0.1) is 25.3 Å². The maximum atomic E-state index is 13.2. The van der Waals surface area contributed by atoms with Gasteiger partial charge in [0.1, 0.15) is 17.3 Å². The highest BCUT2D eigenvalue weighted by Crippen LogP contribution is 2.43. The second-order valence-corrected chi connectivity index (χ2v) is 8.42. The van der Waals surface area contributed by atoms with Crippen LogP contribution in [-0.2, 0) is 14.3 Å². The molecule has 2 aromatic rings. The van der Waals surface area contributed by atoms with Gasteiger partial charge in [0.25, 0.3) is 11.7 Å². The molecular weight excluding hydrogens is 434 g/mol. The fraction of sp³-hybridized carbons (Fsp3) is 0.407. The van der Waals surface area contributed by atoms with Gasteiger partial charge in [-0.25, -0.2) is 0 Å². The Bertz CT molecular complexity index is 1070. The van der Waals surface area contributed by atoms with E-state index in [0.29, 0.717) is 43.1 Å². The molecule has 1 saturated heterocycles. The Hall–Kier alpha value is -3.32. The Morgan fingerprint density at radius 1 is 1.09 bits per heavy atom. The summed E-state index contributed by atoms with van der Waals surface area (Å²) >= 11 is 0. The van der Waals surface area contributed by atoms with E-state index < -0.39 is 17.7 Å². The van der Waals surface area contributed by atoms with Crippen molar-refractivity contribution in [2.75, 3.05) is 34.0 Å². The Morgan fingerprint density at radius 2 is 1.82 bits per heavy atom. The van der Waals surface area contributed by atoms with Gasteiger partial charge in [0.2, 0.25) is 0 Å². The van der Waals surface area contributed by atoms with E-state index in [9.17, 15) is 14.7 Å². The summed E-state index contributed by atoms with van der Waals surface area (Å²) in [6.45, 7) is 7.24. The minimum absolute atomic E-state index is 0.0470. The maximum absolute atomic E-state index is 13.2. The van der Waals surface area contributed by atoms with E-state index in [4.69, 9.17) is 14.2 Å². The van der Waals surface area contributed by atoms with E-state index in [-0.39, 0.29) is 17.3 Å². The van der Waals surface area contributed by atoms with Crippen LogP contribution in [0.15, 0.2) is 48.0 Å². The number of aliphatic hydroxyl groups is 1. The molecule has 7 heteroatoms. The summed E-state index contributed by atoms with van der Waals surface area (Å²) in [5, 5.41) is 11.4. The zero-order chi connectivity index (χ0) is 24.8. The number of nitrogens with zero attached hydrogens (tertiary/aromatic N) is 1. The highest BCUT2D eigenvalue weighted by Gasteiger charge is 2.46. The molecule has 0 spiro atoms. The van der Waals surface area contributed by atoms with Gasteiger partial charge in [-0.05, 0) is 49.1 Å². The largest absolute Gasteiger partial charge is 0.507 e. The minimum Gasteiger partial charge on any atom is -0.507 e. The number of ether oxygens (including phenoxy) is 3. The third-order valence-corrected chi connectivity index (χ3v) is 5.93. The molecule has 1 amide bonds. The lowest BCUT2D eigenvalue weighted by atomic mass is 9.92. The molecule has 182 valence electrons. The van der Waals surface area contributed by atoms with E-state index in [0.717, 1.165) is 11.3 Å². The molecule has 0 aromatic heterocycles. The number of carbonyl (C=O) groups is 2. The number of amides is 1. The zero-order valence-electron chi connectivity index (χ0n) is 20.5. The van der Waals surface area contributed by atoms with Gasteiger partial charge in [-0.15, -0.1) is 0 Å². The number of para-hydroxylation sites is 1.